The average Bonchev–Trinajstić information content (AvgIpc) is 2.71. The van der Waals surface area contributed by atoms with E-state index in [-0.39, 0.29) is 0 Å². The second-order valence-corrected chi connectivity index (χ2v) is 4.12. The van der Waals surface area contributed by atoms with Crippen LogP contribution in [0, 0.1) is 6.92 Å². The van der Waals surface area contributed by atoms with Crippen LogP contribution in [0.2, 0.25) is 5.02 Å². The smallest absolute Gasteiger partial charge is 0.0622 e. The van der Waals surface area contributed by atoms with Gasteiger partial charge < -0.3 is 5.32 Å². The Bertz CT molecular complexity index is 531. The lowest BCUT2D eigenvalue weighted by molar-refractivity contribution is 0.975. The summed E-state index contributed by atoms with van der Waals surface area (Å²) in [7, 11) is 0. The van der Waals surface area contributed by atoms with Gasteiger partial charge in [-0.3, -0.25) is 5.10 Å². The molecule has 15 heavy (non-hydrogen) atoms. The van der Waals surface area contributed by atoms with Crippen molar-refractivity contribution < 1.29 is 0 Å². The molecule has 2 aromatic rings. The van der Waals surface area contributed by atoms with Crippen molar-refractivity contribution >= 4 is 17.3 Å². The molecule has 1 aliphatic rings. The van der Waals surface area contributed by atoms with Crippen LogP contribution in [-0.2, 0) is 6.54 Å². The molecule has 0 atom stereocenters. The third kappa shape index (κ3) is 1.16. The lowest BCUT2D eigenvalue weighted by Crippen LogP contribution is -2.09. The van der Waals surface area contributed by atoms with E-state index in [1.54, 1.807) is 0 Å². The van der Waals surface area contributed by atoms with E-state index in [9.17, 15) is 0 Å². The molecular weight excluding hydrogens is 210 g/mol. The zero-order valence-corrected chi connectivity index (χ0v) is 9.02. The molecule has 2 N–H and O–H groups in total. The summed E-state index contributed by atoms with van der Waals surface area (Å²) >= 11 is 6.08. The normalized spacial score (nSPS) is 12.9. The minimum Gasteiger partial charge on any atom is -0.379 e. The molecule has 3 nitrogen and oxygen atoms in total. The number of anilines is 1. The highest BCUT2D eigenvalue weighted by Crippen LogP contribution is 2.38. The minimum absolute atomic E-state index is 0.781. The summed E-state index contributed by atoms with van der Waals surface area (Å²) in [5, 5.41) is 11.2. The number of aromatic amines is 1. The number of fused-ring (bicyclic) bond motifs is 3. The molecule has 0 aliphatic carbocycles. The van der Waals surface area contributed by atoms with Crippen molar-refractivity contribution in [3.63, 3.8) is 0 Å². The summed E-state index contributed by atoms with van der Waals surface area (Å²) in [6.45, 7) is 2.81. The van der Waals surface area contributed by atoms with E-state index in [1.807, 2.05) is 25.3 Å². The standard InChI is InChI=1S/C11H10ClN3/c1-6-9(12)3-2-7-8-4-14-15-10(8)5-13-11(6)7/h2-4,13H,5H2,1H3,(H,14,15). The highest BCUT2D eigenvalue weighted by Gasteiger charge is 2.19. The van der Waals surface area contributed by atoms with Gasteiger partial charge in [-0.25, -0.2) is 0 Å². The molecule has 4 heteroatoms. The number of rotatable bonds is 0. The lowest BCUT2D eigenvalue weighted by Gasteiger charge is -2.20. The quantitative estimate of drug-likeness (QED) is 0.715. The van der Waals surface area contributed by atoms with Crippen molar-refractivity contribution in [2.75, 3.05) is 5.32 Å². The van der Waals surface area contributed by atoms with Crippen LogP contribution in [0.3, 0.4) is 0 Å². The Balaban J connectivity index is 2.31. The molecule has 1 aliphatic heterocycles. The molecule has 0 radical (unpaired) electrons. The van der Waals surface area contributed by atoms with E-state index < -0.39 is 0 Å². The fourth-order valence-electron chi connectivity index (χ4n) is 2.00. The third-order valence-electron chi connectivity index (χ3n) is 2.85. The van der Waals surface area contributed by atoms with Gasteiger partial charge in [-0.1, -0.05) is 17.7 Å². The van der Waals surface area contributed by atoms with E-state index in [0.717, 1.165) is 28.5 Å². The Hall–Kier alpha value is -1.48. The summed E-state index contributed by atoms with van der Waals surface area (Å²) in [6, 6.07) is 3.96. The van der Waals surface area contributed by atoms with Crippen LogP contribution < -0.4 is 5.32 Å². The number of aromatic nitrogens is 2. The van der Waals surface area contributed by atoms with E-state index >= 15 is 0 Å². The molecular formula is C11H10ClN3. The zero-order valence-electron chi connectivity index (χ0n) is 8.26. The Kier molecular flexibility index (Phi) is 1.76. The van der Waals surface area contributed by atoms with Crippen LogP contribution in [0.1, 0.15) is 11.3 Å². The van der Waals surface area contributed by atoms with Crippen molar-refractivity contribution in [3.8, 4) is 11.1 Å². The molecule has 0 saturated heterocycles. The van der Waals surface area contributed by atoms with Crippen LogP contribution in [0.4, 0.5) is 5.69 Å². The fraction of sp³-hybridized carbons (Fsp3) is 0.182. The predicted octanol–water partition coefficient (Wildman–Crippen LogP) is 2.96. The van der Waals surface area contributed by atoms with Crippen molar-refractivity contribution in [1.29, 1.82) is 0 Å². The minimum atomic E-state index is 0.781. The molecule has 1 aromatic heterocycles. The topological polar surface area (TPSA) is 40.7 Å². The first-order valence-corrected chi connectivity index (χ1v) is 5.21. The first-order chi connectivity index (χ1) is 7.27. The van der Waals surface area contributed by atoms with E-state index in [0.29, 0.717) is 0 Å². The van der Waals surface area contributed by atoms with E-state index in [2.05, 4.69) is 15.5 Å². The predicted molar refractivity (Wildman–Crippen MR) is 61.1 cm³/mol. The Morgan fingerprint density at radius 3 is 3.07 bits per heavy atom. The number of nitrogens with one attached hydrogen (secondary N) is 2. The Labute approximate surface area is 92.5 Å². The van der Waals surface area contributed by atoms with Crippen molar-refractivity contribution in [2.24, 2.45) is 0 Å². The molecule has 0 fully saturated rings. The number of benzene rings is 1. The lowest BCUT2D eigenvalue weighted by atomic mass is 9.98. The summed E-state index contributed by atoms with van der Waals surface area (Å²) in [4.78, 5) is 0. The fourth-order valence-corrected chi connectivity index (χ4v) is 2.15. The van der Waals surface area contributed by atoms with Gasteiger partial charge in [0.25, 0.3) is 0 Å². The average molecular weight is 220 g/mol. The molecule has 0 amide bonds. The molecule has 2 heterocycles. The molecule has 3 rings (SSSR count). The first-order valence-electron chi connectivity index (χ1n) is 4.83. The highest BCUT2D eigenvalue weighted by molar-refractivity contribution is 6.32. The number of nitrogens with zero attached hydrogens (tertiary/aromatic N) is 1. The Morgan fingerprint density at radius 2 is 2.20 bits per heavy atom. The van der Waals surface area contributed by atoms with Gasteiger partial charge in [-0.05, 0) is 18.6 Å². The second-order valence-electron chi connectivity index (χ2n) is 3.71. The van der Waals surface area contributed by atoms with Crippen molar-refractivity contribution in [3.05, 3.63) is 34.6 Å². The Morgan fingerprint density at radius 1 is 1.33 bits per heavy atom. The maximum Gasteiger partial charge on any atom is 0.0622 e. The first kappa shape index (κ1) is 8.80. The molecule has 0 unspecified atom stereocenters. The monoisotopic (exact) mass is 219 g/mol. The summed E-state index contributed by atoms with van der Waals surface area (Å²) in [5.74, 6) is 0. The van der Waals surface area contributed by atoms with Crippen LogP contribution in [0.15, 0.2) is 18.3 Å². The van der Waals surface area contributed by atoms with Crippen LogP contribution >= 0.6 is 11.6 Å². The van der Waals surface area contributed by atoms with Gasteiger partial charge in [0.1, 0.15) is 0 Å². The number of hydrogen-bond donors (Lipinski definition) is 2. The van der Waals surface area contributed by atoms with Gasteiger partial charge >= 0.3 is 0 Å². The number of H-pyrrole nitrogens is 1. The van der Waals surface area contributed by atoms with E-state index in [4.69, 9.17) is 11.6 Å². The molecule has 1 aromatic carbocycles. The van der Waals surface area contributed by atoms with Gasteiger partial charge in [0.05, 0.1) is 18.4 Å². The van der Waals surface area contributed by atoms with Gasteiger partial charge in [-0.2, -0.15) is 5.10 Å². The molecule has 76 valence electrons. The maximum atomic E-state index is 6.08. The molecule has 0 bridgehead atoms. The summed E-state index contributed by atoms with van der Waals surface area (Å²) in [6.07, 6.45) is 1.86. The summed E-state index contributed by atoms with van der Waals surface area (Å²) < 4.78 is 0. The highest BCUT2D eigenvalue weighted by atomic mass is 35.5. The molecule has 0 spiro atoms. The zero-order chi connectivity index (χ0) is 10.4. The molecule has 0 saturated carbocycles. The number of halogens is 1. The van der Waals surface area contributed by atoms with E-state index in [1.165, 1.54) is 11.1 Å². The largest absolute Gasteiger partial charge is 0.379 e. The van der Waals surface area contributed by atoms with Crippen LogP contribution in [0.5, 0.6) is 0 Å². The third-order valence-corrected chi connectivity index (χ3v) is 3.26. The van der Waals surface area contributed by atoms with Gasteiger partial charge in [0.2, 0.25) is 0 Å². The summed E-state index contributed by atoms with van der Waals surface area (Å²) in [5.41, 5.74) is 5.69. The van der Waals surface area contributed by atoms with Crippen LogP contribution in [0.25, 0.3) is 11.1 Å². The van der Waals surface area contributed by atoms with Gasteiger partial charge in [0, 0.05) is 21.8 Å². The van der Waals surface area contributed by atoms with Crippen molar-refractivity contribution in [2.45, 2.75) is 13.5 Å². The van der Waals surface area contributed by atoms with Gasteiger partial charge in [-0.15, -0.1) is 0 Å². The SMILES string of the molecule is Cc1c(Cl)ccc2c1NCc1[nH]ncc1-2. The number of hydrogen-bond acceptors (Lipinski definition) is 2. The maximum absolute atomic E-state index is 6.08. The van der Waals surface area contributed by atoms with Gasteiger partial charge in [0.15, 0.2) is 0 Å². The second kappa shape index (κ2) is 3.00. The van der Waals surface area contributed by atoms with Crippen molar-refractivity contribution in [1.82, 2.24) is 10.2 Å². The van der Waals surface area contributed by atoms with Crippen LogP contribution in [-0.4, -0.2) is 10.2 Å².